The van der Waals surface area contributed by atoms with Gasteiger partial charge in [-0.25, -0.2) is 4.98 Å². The van der Waals surface area contributed by atoms with Crippen molar-refractivity contribution in [3.05, 3.63) is 18.2 Å². The highest BCUT2D eigenvalue weighted by molar-refractivity contribution is 8.01. The lowest BCUT2D eigenvalue weighted by Crippen LogP contribution is -2.36. The highest BCUT2D eigenvalue weighted by Crippen LogP contribution is 2.34. The predicted octanol–water partition coefficient (Wildman–Crippen LogP) is 4.63. The minimum Gasteiger partial charge on any atom is -0.481 e. The second kappa shape index (κ2) is 7.74. The molecule has 3 rings (SSSR count). The van der Waals surface area contributed by atoms with Gasteiger partial charge in [0, 0.05) is 10.9 Å². The molecule has 0 aliphatic heterocycles. The molecule has 0 spiro atoms. The van der Waals surface area contributed by atoms with Gasteiger partial charge < -0.3 is 10.4 Å². The van der Waals surface area contributed by atoms with Crippen LogP contribution in [0.15, 0.2) is 22.5 Å². The lowest BCUT2D eigenvalue weighted by atomic mass is 9.78. The smallest absolute Gasteiger partial charge is 0.307 e. The van der Waals surface area contributed by atoms with Crippen LogP contribution in [0.25, 0.3) is 10.2 Å². The number of anilines is 1. The number of carbonyl (C=O) groups excluding carboxylic acids is 1. The van der Waals surface area contributed by atoms with Gasteiger partial charge in [-0.3, -0.25) is 9.59 Å². The number of thiazole rings is 1. The summed E-state index contributed by atoms with van der Waals surface area (Å²) in [5.41, 5.74) is 1.63. The number of aliphatic carboxylic acids is 1. The maximum absolute atomic E-state index is 12.6. The third-order valence-corrected chi connectivity index (χ3v) is 6.51. The van der Waals surface area contributed by atoms with E-state index in [2.05, 4.69) is 24.1 Å². The van der Waals surface area contributed by atoms with Crippen molar-refractivity contribution in [1.29, 1.82) is 0 Å². The summed E-state index contributed by atoms with van der Waals surface area (Å²) in [6.07, 6.45) is 3.01. The first-order chi connectivity index (χ1) is 11.9. The zero-order valence-corrected chi connectivity index (χ0v) is 16.0. The Hall–Kier alpha value is -1.60. The van der Waals surface area contributed by atoms with Crippen molar-refractivity contribution >= 4 is 50.9 Å². The van der Waals surface area contributed by atoms with Crippen LogP contribution in [0, 0.1) is 11.8 Å². The molecule has 0 unspecified atom stereocenters. The average molecular weight is 379 g/mol. The predicted molar refractivity (Wildman–Crippen MR) is 102 cm³/mol. The maximum Gasteiger partial charge on any atom is 0.307 e. The zero-order valence-electron chi connectivity index (χ0n) is 14.3. The maximum atomic E-state index is 12.6. The molecule has 2 atom stereocenters. The Morgan fingerprint density at radius 1 is 1.28 bits per heavy atom. The summed E-state index contributed by atoms with van der Waals surface area (Å²) in [5, 5.41) is 12.7. The molecule has 5 nitrogen and oxygen atoms in total. The van der Waals surface area contributed by atoms with Crippen LogP contribution >= 0.6 is 23.1 Å². The number of fused-ring (bicyclic) bond motifs is 1. The average Bonchev–Trinajstić information content (AvgIpc) is 2.95. The fraction of sp³-hybridized carbons (Fsp3) is 0.500. The van der Waals surface area contributed by atoms with Gasteiger partial charge in [0.05, 0.1) is 22.1 Å². The van der Waals surface area contributed by atoms with Crippen LogP contribution in [-0.4, -0.2) is 27.2 Å². The van der Waals surface area contributed by atoms with Gasteiger partial charge in [0.25, 0.3) is 0 Å². The molecule has 1 aromatic heterocycles. The van der Waals surface area contributed by atoms with Gasteiger partial charge in [-0.1, -0.05) is 38.5 Å². The summed E-state index contributed by atoms with van der Waals surface area (Å²) in [5.74, 6) is -2.08. The highest BCUT2D eigenvalue weighted by Gasteiger charge is 2.35. The van der Waals surface area contributed by atoms with E-state index in [0.717, 1.165) is 27.4 Å². The van der Waals surface area contributed by atoms with E-state index in [1.165, 1.54) is 0 Å². The molecule has 1 aromatic carbocycles. The fourth-order valence-electron chi connectivity index (χ4n) is 3.21. The Balaban J connectivity index is 1.75. The van der Waals surface area contributed by atoms with Crippen LogP contribution in [-0.2, 0) is 9.59 Å². The molecule has 1 fully saturated rings. The molecule has 0 saturated heterocycles. The van der Waals surface area contributed by atoms with Crippen molar-refractivity contribution in [2.24, 2.45) is 11.8 Å². The Labute approximate surface area is 155 Å². The number of rotatable bonds is 5. The number of amides is 1. The molecule has 25 heavy (non-hydrogen) atoms. The van der Waals surface area contributed by atoms with Crippen LogP contribution < -0.4 is 5.32 Å². The first-order valence-electron chi connectivity index (χ1n) is 8.55. The SMILES string of the molecule is CC(C)Sc1nc2ccc(NC(=O)[C@@H]3CCCC[C@H]3C(=O)O)cc2s1. The Morgan fingerprint density at radius 3 is 2.68 bits per heavy atom. The summed E-state index contributed by atoms with van der Waals surface area (Å²) in [6.45, 7) is 4.26. The van der Waals surface area contributed by atoms with Crippen LogP contribution in [0.4, 0.5) is 5.69 Å². The molecule has 0 bridgehead atoms. The van der Waals surface area contributed by atoms with Crippen molar-refractivity contribution in [1.82, 2.24) is 4.98 Å². The van der Waals surface area contributed by atoms with E-state index in [-0.39, 0.29) is 5.91 Å². The summed E-state index contributed by atoms with van der Waals surface area (Å²) >= 11 is 3.34. The Bertz CT molecular complexity index is 788. The number of carboxylic acid groups (broad SMARTS) is 1. The van der Waals surface area contributed by atoms with Crippen LogP contribution in [0.3, 0.4) is 0 Å². The minimum atomic E-state index is -0.867. The molecule has 1 amide bonds. The first kappa shape index (κ1) is 18.2. The van der Waals surface area contributed by atoms with E-state index in [0.29, 0.717) is 23.8 Å². The molecule has 7 heteroatoms. The third-order valence-electron chi connectivity index (χ3n) is 4.39. The number of nitrogens with zero attached hydrogens (tertiary/aromatic N) is 1. The van der Waals surface area contributed by atoms with E-state index in [4.69, 9.17) is 0 Å². The van der Waals surface area contributed by atoms with E-state index < -0.39 is 17.8 Å². The fourth-order valence-corrected chi connectivity index (χ4v) is 5.54. The number of thioether (sulfide) groups is 1. The summed E-state index contributed by atoms with van der Waals surface area (Å²) in [6, 6.07) is 5.66. The molecule has 2 aromatic rings. The molecular weight excluding hydrogens is 356 g/mol. The second-order valence-electron chi connectivity index (χ2n) is 6.65. The molecule has 2 N–H and O–H groups in total. The summed E-state index contributed by atoms with van der Waals surface area (Å²) in [7, 11) is 0. The van der Waals surface area contributed by atoms with E-state index >= 15 is 0 Å². The van der Waals surface area contributed by atoms with Gasteiger partial charge in [0.15, 0.2) is 4.34 Å². The molecule has 1 saturated carbocycles. The Morgan fingerprint density at radius 2 is 2.00 bits per heavy atom. The standard InChI is InChI=1S/C18H22N2O3S2/c1-10(2)24-18-20-14-8-7-11(9-15(14)25-18)19-16(21)12-5-3-4-6-13(12)17(22)23/h7-10,12-13H,3-6H2,1-2H3,(H,19,21)(H,22,23)/t12-,13-/m1/s1. The number of hydrogen-bond donors (Lipinski definition) is 2. The van der Waals surface area contributed by atoms with Gasteiger partial charge in [0.2, 0.25) is 5.91 Å². The van der Waals surface area contributed by atoms with E-state index in [1.54, 1.807) is 23.1 Å². The number of aromatic nitrogens is 1. The van der Waals surface area contributed by atoms with Crippen LogP contribution in [0.1, 0.15) is 39.5 Å². The molecule has 1 aliphatic rings. The van der Waals surface area contributed by atoms with Gasteiger partial charge in [-0.2, -0.15) is 0 Å². The molecule has 0 radical (unpaired) electrons. The van der Waals surface area contributed by atoms with Gasteiger partial charge >= 0.3 is 5.97 Å². The Kier molecular flexibility index (Phi) is 5.64. The van der Waals surface area contributed by atoms with Crippen molar-refractivity contribution in [2.45, 2.75) is 49.1 Å². The lowest BCUT2D eigenvalue weighted by molar-refractivity contribution is -0.147. The zero-order chi connectivity index (χ0) is 18.0. The second-order valence-corrected chi connectivity index (χ2v) is 9.51. The molecule has 1 aliphatic carbocycles. The van der Waals surface area contributed by atoms with Crippen molar-refractivity contribution in [3.63, 3.8) is 0 Å². The summed E-state index contributed by atoms with van der Waals surface area (Å²) < 4.78 is 2.05. The topological polar surface area (TPSA) is 79.3 Å². The minimum absolute atomic E-state index is 0.187. The number of carboxylic acids is 1. The number of carbonyl (C=O) groups is 2. The quantitative estimate of drug-likeness (QED) is 0.742. The van der Waals surface area contributed by atoms with Crippen molar-refractivity contribution < 1.29 is 14.7 Å². The largest absolute Gasteiger partial charge is 0.481 e. The first-order valence-corrected chi connectivity index (χ1v) is 10.2. The number of benzene rings is 1. The highest BCUT2D eigenvalue weighted by atomic mass is 32.2. The van der Waals surface area contributed by atoms with E-state index in [1.807, 2.05) is 18.2 Å². The molecular formula is C18H22N2O3S2. The number of nitrogens with one attached hydrogen (secondary N) is 1. The lowest BCUT2D eigenvalue weighted by Gasteiger charge is -2.27. The normalized spacial score (nSPS) is 20.8. The van der Waals surface area contributed by atoms with Crippen molar-refractivity contribution in [3.8, 4) is 0 Å². The summed E-state index contributed by atoms with van der Waals surface area (Å²) in [4.78, 5) is 28.6. The van der Waals surface area contributed by atoms with Crippen LogP contribution in [0.5, 0.6) is 0 Å². The van der Waals surface area contributed by atoms with Gasteiger partial charge in [-0.15, -0.1) is 11.3 Å². The molecule has 134 valence electrons. The number of hydrogen-bond acceptors (Lipinski definition) is 5. The third kappa shape index (κ3) is 4.33. The monoisotopic (exact) mass is 378 g/mol. The van der Waals surface area contributed by atoms with Gasteiger partial charge in [-0.05, 0) is 31.0 Å². The van der Waals surface area contributed by atoms with Crippen molar-refractivity contribution in [2.75, 3.05) is 5.32 Å². The van der Waals surface area contributed by atoms with Crippen LogP contribution in [0.2, 0.25) is 0 Å². The van der Waals surface area contributed by atoms with Gasteiger partial charge in [0.1, 0.15) is 0 Å². The molecule has 1 heterocycles. The van der Waals surface area contributed by atoms with E-state index in [9.17, 15) is 14.7 Å².